The first-order valence-electron chi connectivity index (χ1n) is 6.18. The lowest BCUT2D eigenvalue weighted by Gasteiger charge is -2.22. The molecule has 2 heterocycles. The maximum Gasteiger partial charge on any atom is 0.329 e. The van der Waals surface area contributed by atoms with Crippen LogP contribution in [0, 0.1) is 10.1 Å². The van der Waals surface area contributed by atoms with Gasteiger partial charge in [0.25, 0.3) is 0 Å². The molecule has 20 heavy (non-hydrogen) atoms. The van der Waals surface area contributed by atoms with Crippen molar-refractivity contribution in [3.63, 3.8) is 0 Å². The van der Waals surface area contributed by atoms with Gasteiger partial charge in [0.1, 0.15) is 6.20 Å². The second-order valence-corrected chi connectivity index (χ2v) is 4.68. The number of nitrogens with one attached hydrogen (secondary N) is 2. The highest BCUT2D eigenvalue weighted by molar-refractivity contribution is 5.53. The van der Waals surface area contributed by atoms with Crippen LogP contribution in [0.4, 0.5) is 17.5 Å². The van der Waals surface area contributed by atoms with Gasteiger partial charge in [0.2, 0.25) is 11.8 Å². The number of aryl methyl sites for hydroxylation is 1. The van der Waals surface area contributed by atoms with Crippen molar-refractivity contribution in [3.8, 4) is 0 Å². The molecule has 2 aromatic heterocycles. The minimum Gasteiger partial charge on any atom is -0.378 e. The molecule has 3 rings (SSSR count). The summed E-state index contributed by atoms with van der Waals surface area (Å²) in [6, 6.07) is 0.168. The molecular formula is C11H13N7O2. The number of aromatic nitrogens is 4. The Kier molecular flexibility index (Phi) is 2.93. The monoisotopic (exact) mass is 275 g/mol. The summed E-state index contributed by atoms with van der Waals surface area (Å²) >= 11 is 0. The Morgan fingerprint density at radius 3 is 3.10 bits per heavy atom. The summed E-state index contributed by atoms with van der Waals surface area (Å²) in [6.45, 7) is 0. The van der Waals surface area contributed by atoms with Crippen molar-refractivity contribution in [1.82, 2.24) is 20.2 Å². The number of nitrogens with two attached hydrogens (primary N) is 1. The molecule has 104 valence electrons. The van der Waals surface area contributed by atoms with E-state index in [1.807, 2.05) is 6.20 Å². The topological polar surface area (TPSA) is 136 Å². The van der Waals surface area contributed by atoms with Crippen LogP contribution in [0.25, 0.3) is 0 Å². The van der Waals surface area contributed by atoms with E-state index in [1.165, 1.54) is 5.56 Å². The molecule has 4 N–H and O–H groups in total. The summed E-state index contributed by atoms with van der Waals surface area (Å²) in [6.07, 6.45) is 5.56. The molecule has 1 aliphatic rings. The van der Waals surface area contributed by atoms with Crippen LogP contribution in [0.1, 0.15) is 17.7 Å². The largest absolute Gasteiger partial charge is 0.378 e. The van der Waals surface area contributed by atoms with Gasteiger partial charge < -0.3 is 11.1 Å². The van der Waals surface area contributed by atoms with Gasteiger partial charge in [-0.2, -0.15) is 10.1 Å². The molecule has 0 aliphatic heterocycles. The zero-order valence-electron chi connectivity index (χ0n) is 10.5. The molecule has 9 nitrogen and oxygen atoms in total. The van der Waals surface area contributed by atoms with E-state index in [4.69, 9.17) is 5.73 Å². The van der Waals surface area contributed by atoms with Crippen LogP contribution in [0.2, 0.25) is 0 Å². The molecule has 0 bridgehead atoms. The zero-order valence-corrected chi connectivity index (χ0v) is 10.5. The van der Waals surface area contributed by atoms with Crippen molar-refractivity contribution in [1.29, 1.82) is 0 Å². The Labute approximate surface area is 113 Å². The number of anilines is 2. The van der Waals surface area contributed by atoms with E-state index in [9.17, 15) is 10.1 Å². The number of fused-ring (bicyclic) bond motifs is 1. The van der Waals surface area contributed by atoms with Crippen molar-refractivity contribution < 1.29 is 4.92 Å². The summed E-state index contributed by atoms with van der Waals surface area (Å²) in [5, 5.41) is 20.8. The maximum atomic E-state index is 10.6. The van der Waals surface area contributed by atoms with Gasteiger partial charge >= 0.3 is 5.69 Å². The smallest absolute Gasteiger partial charge is 0.329 e. The number of H-pyrrole nitrogens is 1. The van der Waals surface area contributed by atoms with E-state index in [0.29, 0.717) is 5.95 Å². The average molecular weight is 275 g/mol. The van der Waals surface area contributed by atoms with Gasteiger partial charge in [0.05, 0.1) is 11.1 Å². The van der Waals surface area contributed by atoms with Gasteiger partial charge in [-0.3, -0.25) is 15.2 Å². The van der Waals surface area contributed by atoms with Gasteiger partial charge in [-0.05, 0) is 24.8 Å². The average Bonchev–Trinajstić information content (AvgIpc) is 2.85. The fourth-order valence-corrected chi connectivity index (χ4v) is 2.32. The predicted molar refractivity (Wildman–Crippen MR) is 71.1 cm³/mol. The van der Waals surface area contributed by atoms with E-state index in [2.05, 4.69) is 25.5 Å². The lowest BCUT2D eigenvalue weighted by Crippen LogP contribution is -2.28. The van der Waals surface area contributed by atoms with Gasteiger partial charge in [0, 0.05) is 11.7 Å². The van der Waals surface area contributed by atoms with E-state index in [-0.39, 0.29) is 17.5 Å². The maximum absolute atomic E-state index is 10.6. The minimum atomic E-state index is -0.600. The number of rotatable bonds is 3. The third-order valence-corrected chi connectivity index (χ3v) is 3.34. The Hall–Kier alpha value is -2.71. The van der Waals surface area contributed by atoms with E-state index in [1.54, 1.807) is 0 Å². The molecule has 0 saturated carbocycles. The SMILES string of the molecule is Nc1nc(NC2CCc3[nH]ncc3C2)ncc1[N+](=O)[O-]. The van der Waals surface area contributed by atoms with Crippen molar-refractivity contribution in [2.45, 2.75) is 25.3 Å². The number of nitro groups is 1. The molecule has 0 amide bonds. The summed E-state index contributed by atoms with van der Waals surface area (Å²) < 4.78 is 0. The minimum absolute atomic E-state index is 0.132. The lowest BCUT2D eigenvalue weighted by atomic mass is 9.94. The fraction of sp³-hybridized carbons (Fsp3) is 0.364. The van der Waals surface area contributed by atoms with Crippen LogP contribution in [0.3, 0.4) is 0 Å². The van der Waals surface area contributed by atoms with Crippen molar-refractivity contribution in [2.24, 2.45) is 0 Å². The summed E-state index contributed by atoms with van der Waals surface area (Å²) in [5.41, 5.74) is 7.59. The molecule has 0 saturated heterocycles. The Morgan fingerprint density at radius 2 is 2.35 bits per heavy atom. The number of hydrogen-bond acceptors (Lipinski definition) is 7. The number of nitrogen functional groups attached to an aromatic ring is 1. The van der Waals surface area contributed by atoms with Crippen molar-refractivity contribution in [2.75, 3.05) is 11.1 Å². The second kappa shape index (κ2) is 4.76. The molecule has 0 spiro atoms. The number of hydrogen-bond donors (Lipinski definition) is 3. The van der Waals surface area contributed by atoms with Crippen LogP contribution in [-0.2, 0) is 12.8 Å². The highest BCUT2D eigenvalue weighted by atomic mass is 16.6. The zero-order chi connectivity index (χ0) is 14.1. The highest BCUT2D eigenvalue weighted by Crippen LogP contribution is 2.23. The molecule has 1 unspecified atom stereocenters. The summed E-state index contributed by atoms with van der Waals surface area (Å²) in [7, 11) is 0. The molecule has 9 heteroatoms. The summed E-state index contributed by atoms with van der Waals surface area (Å²) in [5.74, 6) is 0.178. The first-order chi connectivity index (χ1) is 9.63. The third kappa shape index (κ3) is 2.25. The highest BCUT2D eigenvalue weighted by Gasteiger charge is 2.21. The Morgan fingerprint density at radius 1 is 1.50 bits per heavy atom. The number of nitrogens with zero attached hydrogens (tertiary/aromatic N) is 4. The predicted octanol–water partition coefficient (Wildman–Crippen LogP) is 0.659. The van der Waals surface area contributed by atoms with Gasteiger partial charge in [-0.1, -0.05) is 0 Å². The molecule has 2 aromatic rings. The van der Waals surface area contributed by atoms with Crippen molar-refractivity contribution in [3.05, 3.63) is 33.8 Å². The van der Waals surface area contributed by atoms with Crippen LogP contribution in [0.5, 0.6) is 0 Å². The van der Waals surface area contributed by atoms with Gasteiger partial charge in [-0.25, -0.2) is 4.98 Å². The van der Waals surface area contributed by atoms with Crippen LogP contribution < -0.4 is 11.1 Å². The fourth-order valence-electron chi connectivity index (χ4n) is 2.32. The van der Waals surface area contributed by atoms with Crippen LogP contribution >= 0.6 is 0 Å². The molecule has 0 aromatic carbocycles. The van der Waals surface area contributed by atoms with Crippen LogP contribution in [-0.4, -0.2) is 31.1 Å². The lowest BCUT2D eigenvalue weighted by molar-refractivity contribution is -0.384. The Balaban J connectivity index is 1.73. The molecule has 1 aliphatic carbocycles. The standard InChI is InChI=1S/C11H13N7O2/c12-10-9(18(19)20)5-13-11(16-10)15-7-1-2-8-6(3-7)4-14-17-8/h4-5,7H,1-3H2,(H,14,17)(H3,12,13,15,16). The number of aromatic amines is 1. The molecular weight excluding hydrogens is 262 g/mol. The quantitative estimate of drug-likeness (QED) is 0.552. The van der Waals surface area contributed by atoms with E-state index in [0.717, 1.165) is 31.2 Å². The molecule has 0 radical (unpaired) electrons. The van der Waals surface area contributed by atoms with Gasteiger partial charge in [-0.15, -0.1) is 0 Å². The van der Waals surface area contributed by atoms with Crippen molar-refractivity contribution >= 4 is 17.5 Å². The summed E-state index contributed by atoms with van der Waals surface area (Å²) in [4.78, 5) is 17.9. The van der Waals surface area contributed by atoms with E-state index < -0.39 is 4.92 Å². The molecule has 1 atom stereocenters. The van der Waals surface area contributed by atoms with Gasteiger partial charge in [0.15, 0.2) is 0 Å². The Bertz CT molecular complexity index is 654. The second-order valence-electron chi connectivity index (χ2n) is 4.68. The van der Waals surface area contributed by atoms with E-state index >= 15 is 0 Å². The van der Waals surface area contributed by atoms with Crippen LogP contribution in [0.15, 0.2) is 12.4 Å². The third-order valence-electron chi connectivity index (χ3n) is 3.34. The normalized spacial score (nSPS) is 17.5. The first kappa shape index (κ1) is 12.3. The first-order valence-corrected chi connectivity index (χ1v) is 6.18. The molecule has 0 fully saturated rings.